The molecule has 2 rings (SSSR count). The van der Waals surface area contributed by atoms with E-state index in [4.69, 9.17) is 5.11 Å². The van der Waals surface area contributed by atoms with Crippen molar-refractivity contribution in [1.29, 1.82) is 0 Å². The molecule has 1 aromatic heterocycles. The third kappa shape index (κ3) is 1.56. The summed E-state index contributed by atoms with van der Waals surface area (Å²) in [4.78, 5) is 17.5. The summed E-state index contributed by atoms with van der Waals surface area (Å²) in [7, 11) is 0. The monoisotopic (exact) mass is 180 g/mol. The maximum Gasteiger partial charge on any atom is 0.371 e. The highest BCUT2D eigenvalue weighted by molar-refractivity contribution is 5.83. The van der Waals surface area contributed by atoms with Crippen molar-refractivity contribution in [2.75, 3.05) is 0 Å². The fourth-order valence-corrected chi connectivity index (χ4v) is 1.73. The number of aryl methyl sites for hydroxylation is 2. The molecule has 0 saturated heterocycles. The van der Waals surface area contributed by atoms with Crippen LogP contribution in [-0.4, -0.2) is 21.0 Å². The summed E-state index contributed by atoms with van der Waals surface area (Å²) in [5.74, 6) is -0.875. The quantitative estimate of drug-likeness (QED) is 0.641. The molecule has 1 heterocycles. The first kappa shape index (κ1) is 8.29. The van der Waals surface area contributed by atoms with Crippen molar-refractivity contribution in [3.63, 3.8) is 0 Å². The molecule has 0 aromatic carbocycles. The maximum atomic E-state index is 10.6. The highest BCUT2D eigenvalue weighted by Crippen LogP contribution is 2.18. The highest BCUT2D eigenvalue weighted by atomic mass is 16.4. The Morgan fingerprint density at radius 1 is 1.31 bits per heavy atom. The van der Waals surface area contributed by atoms with Crippen molar-refractivity contribution >= 4 is 5.97 Å². The van der Waals surface area contributed by atoms with E-state index in [-0.39, 0.29) is 5.82 Å². The summed E-state index contributed by atoms with van der Waals surface area (Å²) in [5.41, 5.74) is 1.98. The predicted molar refractivity (Wildman–Crippen MR) is 46.8 cm³/mol. The van der Waals surface area contributed by atoms with Gasteiger partial charge in [0.15, 0.2) is 0 Å². The lowest BCUT2D eigenvalue weighted by atomic mass is 10.2. The number of H-pyrrole nitrogens is 1. The van der Waals surface area contributed by atoms with Gasteiger partial charge in [0.05, 0.1) is 5.69 Å². The fourth-order valence-electron chi connectivity index (χ4n) is 1.73. The molecule has 0 unspecified atom stereocenters. The van der Waals surface area contributed by atoms with Crippen molar-refractivity contribution in [2.24, 2.45) is 0 Å². The Bertz CT molecular complexity index is 307. The average Bonchev–Trinajstić information content (AvgIpc) is 2.38. The molecule has 1 aliphatic rings. The minimum atomic E-state index is -0.965. The van der Waals surface area contributed by atoms with Crippen LogP contribution in [0.5, 0.6) is 0 Å². The number of aromatic carboxylic acids is 1. The van der Waals surface area contributed by atoms with Crippen molar-refractivity contribution < 1.29 is 9.90 Å². The maximum absolute atomic E-state index is 10.6. The number of carbonyl (C=O) groups is 1. The van der Waals surface area contributed by atoms with Crippen LogP contribution >= 0.6 is 0 Å². The van der Waals surface area contributed by atoms with Crippen molar-refractivity contribution in [3.8, 4) is 0 Å². The second-order valence-electron chi connectivity index (χ2n) is 3.38. The summed E-state index contributed by atoms with van der Waals surface area (Å²) >= 11 is 0. The Labute approximate surface area is 76.0 Å². The average molecular weight is 180 g/mol. The smallest absolute Gasteiger partial charge is 0.371 e. The van der Waals surface area contributed by atoms with Gasteiger partial charge in [-0.2, -0.15) is 0 Å². The van der Waals surface area contributed by atoms with E-state index in [2.05, 4.69) is 9.97 Å². The van der Waals surface area contributed by atoms with Crippen LogP contribution in [0.1, 0.15) is 41.3 Å². The number of hydrogen-bond donors (Lipinski definition) is 2. The first-order valence-electron chi connectivity index (χ1n) is 4.58. The van der Waals surface area contributed by atoms with E-state index in [0.717, 1.165) is 37.1 Å². The SMILES string of the molecule is O=C(O)c1nc2c([nH]1)CCCCC2. The van der Waals surface area contributed by atoms with Gasteiger partial charge in [0.2, 0.25) is 5.82 Å². The van der Waals surface area contributed by atoms with Crippen LogP contribution in [0.2, 0.25) is 0 Å². The molecular formula is C9H12N2O2. The number of carboxylic acid groups (broad SMARTS) is 1. The standard InChI is InChI=1S/C9H12N2O2/c12-9(13)8-10-6-4-2-1-3-5-7(6)11-8/h1-5H2,(H,10,11)(H,12,13). The highest BCUT2D eigenvalue weighted by Gasteiger charge is 2.16. The number of aromatic amines is 1. The number of aromatic nitrogens is 2. The van der Waals surface area contributed by atoms with Crippen molar-refractivity contribution in [2.45, 2.75) is 32.1 Å². The van der Waals surface area contributed by atoms with Crippen LogP contribution in [0.4, 0.5) is 0 Å². The van der Waals surface area contributed by atoms with E-state index in [1.165, 1.54) is 6.42 Å². The van der Waals surface area contributed by atoms with E-state index in [1.807, 2.05) is 0 Å². The van der Waals surface area contributed by atoms with Gasteiger partial charge in [-0.1, -0.05) is 6.42 Å². The normalized spacial score (nSPS) is 16.3. The van der Waals surface area contributed by atoms with Crippen LogP contribution < -0.4 is 0 Å². The van der Waals surface area contributed by atoms with E-state index in [0.29, 0.717) is 0 Å². The van der Waals surface area contributed by atoms with E-state index >= 15 is 0 Å². The third-order valence-electron chi connectivity index (χ3n) is 2.41. The van der Waals surface area contributed by atoms with Crippen LogP contribution in [0, 0.1) is 0 Å². The fraction of sp³-hybridized carbons (Fsp3) is 0.556. The van der Waals surface area contributed by atoms with Crippen LogP contribution in [0.25, 0.3) is 0 Å². The summed E-state index contributed by atoms with van der Waals surface area (Å²) < 4.78 is 0. The second kappa shape index (κ2) is 3.20. The van der Waals surface area contributed by atoms with Gasteiger partial charge in [-0.05, 0) is 25.7 Å². The summed E-state index contributed by atoms with van der Waals surface area (Å²) in [6.07, 6.45) is 5.33. The van der Waals surface area contributed by atoms with Gasteiger partial charge in [0.25, 0.3) is 0 Å². The molecule has 0 amide bonds. The molecule has 0 bridgehead atoms. The Morgan fingerprint density at radius 2 is 2.08 bits per heavy atom. The zero-order chi connectivity index (χ0) is 9.26. The summed E-state index contributed by atoms with van der Waals surface area (Å²) in [5, 5.41) is 8.71. The number of carboxylic acids is 1. The molecule has 4 heteroatoms. The van der Waals surface area contributed by atoms with Crippen LogP contribution in [0.3, 0.4) is 0 Å². The Balaban J connectivity index is 2.32. The molecule has 70 valence electrons. The number of nitrogens with zero attached hydrogens (tertiary/aromatic N) is 1. The van der Waals surface area contributed by atoms with E-state index in [1.54, 1.807) is 0 Å². The minimum Gasteiger partial charge on any atom is -0.475 e. The predicted octanol–water partition coefficient (Wildman–Crippen LogP) is 1.38. The molecular weight excluding hydrogens is 168 g/mol. The molecule has 0 atom stereocenters. The van der Waals surface area contributed by atoms with Gasteiger partial charge in [-0.3, -0.25) is 0 Å². The van der Waals surface area contributed by atoms with E-state index in [9.17, 15) is 4.79 Å². The van der Waals surface area contributed by atoms with Crippen LogP contribution in [0.15, 0.2) is 0 Å². The van der Waals surface area contributed by atoms with Gasteiger partial charge >= 0.3 is 5.97 Å². The van der Waals surface area contributed by atoms with Crippen molar-refractivity contribution in [1.82, 2.24) is 9.97 Å². The summed E-state index contributed by atoms with van der Waals surface area (Å²) in [6.45, 7) is 0. The zero-order valence-corrected chi connectivity index (χ0v) is 7.34. The largest absolute Gasteiger partial charge is 0.475 e. The molecule has 1 aliphatic carbocycles. The van der Waals surface area contributed by atoms with Gasteiger partial charge in [0.1, 0.15) is 0 Å². The van der Waals surface area contributed by atoms with Gasteiger partial charge < -0.3 is 10.1 Å². The summed E-state index contributed by atoms with van der Waals surface area (Å²) in [6, 6.07) is 0. The van der Waals surface area contributed by atoms with E-state index < -0.39 is 5.97 Å². The molecule has 4 nitrogen and oxygen atoms in total. The minimum absolute atomic E-state index is 0.0897. The molecule has 0 spiro atoms. The lowest BCUT2D eigenvalue weighted by Gasteiger charge is -1.91. The van der Waals surface area contributed by atoms with Crippen LogP contribution in [-0.2, 0) is 12.8 Å². The first-order valence-corrected chi connectivity index (χ1v) is 4.58. The lowest BCUT2D eigenvalue weighted by molar-refractivity contribution is 0.0684. The Kier molecular flexibility index (Phi) is 2.04. The number of nitrogens with one attached hydrogen (secondary N) is 1. The molecule has 0 saturated carbocycles. The molecule has 0 radical (unpaired) electrons. The zero-order valence-electron chi connectivity index (χ0n) is 7.34. The van der Waals surface area contributed by atoms with Gasteiger partial charge in [-0.15, -0.1) is 0 Å². The molecule has 1 aromatic rings. The Morgan fingerprint density at radius 3 is 2.85 bits per heavy atom. The van der Waals surface area contributed by atoms with Gasteiger partial charge in [0, 0.05) is 5.69 Å². The van der Waals surface area contributed by atoms with Gasteiger partial charge in [-0.25, -0.2) is 9.78 Å². The third-order valence-corrected chi connectivity index (χ3v) is 2.41. The lowest BCUT2D eigenvalue weighted by Crippen LogP contribution is -1.99. The number of imidazole rings is 1. The molecule has 0 aliphatic heterocycles. The number of hydrogen-bond acceptors (Lipinski definition) is 2. The second-order valence-corrected chi connectivity index (χ2v) is 3.38. The topological polar surface area (TPSA) is 66.0 Å². The number of rotatable bonds is 1. The van der Waals surface area contributed by atoms with Crippen molar-refractivity contribution in [3.05, 3.63) is 17.2 Å². The Hall–Kier alpha value is -1.32. The molecule has 2 N–H and O–H groups in total. The molecule has 13 heavy (non-hydrogen) atoms. The first-order chi connectivity index (χ1) is 6.27. The molecule has 0 fully saturated rings. The number of fused-ring (bicyclic) bond motifs is 1.